The summed E-state index contributed by atoms with van der Waals surface area (Å²) in [6.07, 6.45) is 1.67. The number of hydrogen-bond donors (Lipinski definition) is 2. The van der Waals surface area contributed by atoms with Crippen molar-refractivity contribution in [3.8, 4) is 5.75 Å². The number of methoxy groups -OCH3 is 1. The Bertz CT molecular complexity index is 1690. The number of hydrogen-bond acceptors (Lipinski definition) is 6. The van der Waals surface area contributed by atoms with E-state index in [9.17, 15) is 19.2 Å². The van der Waals surface area contributed by atoms with Crippen molar-refractivity contribution in [1.29, 1.82) is 0 Å². The van der Waals surface area contributed by atoms with Crippen LogP contribution in [0.1, 0.15) is 22.3 Å². The SMILES string of the molecule is COc1cccc(/C=C(\NC(=O)c2ccccc2)C(=O)Nc2ccc(SC3CC(=O)N(c4ccc(Br)cc4)C3=O)cc2)c1. The van der Waals surface area contributed by atoms with Crippen molar-refractivity contribution in [3.63, 3.8) is 0 Å². The van der Waals surface area contributed by atoms with E-state index in [1.807, 2.05) is 0 Å². The molecule has 1 heterocycles. The standard InChI is InChI=1S/C33H26BrN3O5S/c1-42-26-9-5-6-21(18-26)19-28(36-31(39)22-7-3-2-4-8-22)32(40)35-24-12-16-27(17-13-24)43-29-20-30(38)37(33(29)41)25-14-10-23(34)11-15-25/h2-19,29H,20H2,1H3,(H,35,40)(H,36,39)/b28-19-. The molecule has 43 heavy (non-hydrogen) atoms. The van der Waals surface area contributed by atoms with Crippen molar-refractivity contribution < 1.29 is 23.9 Å². The summed E-state index contributed by atoms with van der Waals surface area (Å²) < 4.78 is 6.14. The summed E-state index contributed by atoms with van der Waals surface area (Å²) in [6, 6.07) is 29.7. The van der Waals surface area contributed by atoms with Gasteiger partial charge in [0.2, 0.25) is 11.8 Å². The summed E-state index contributed by atoms with van der Waals surface area (Å²) in [6.45, 7) is 0. The summed E-state index contributed by atoms with van der Waals surface area (Å²) in [7, 11) is 1.55. The normalized spacial score (nSPS) is 14.9. The largest absolute Gasteiger partial charge is 0.497 e. The van der Waals surface area contributed by atoms with Crippen molar-refractivity contribution in [2.24, 2.45) is 0 Å². The maximum atomic E-state index is 13.4. The number of rotatable bonds is 9. The Kier molecular flexibility index (Phi) is 9.38. The van der Waals surface area contributed by atoms with Gasteiger partial charge in [-0.1, -0.05) is 46.3 Å². The molecule has 216 valence electrons. The highest BCUT2D eigenvalue weighted by molar-refractivity contribution is 9.10. The van der Waals surface area contributed by atoms with E-state index in [0.717, 1.165) is 9.37 Å². The molecule has 0 aromatic heterocycles. The molecule has 2 N–H and O–H groups in total. The van der Waals surface area contributed by atoms with Crippen molar-refractivity contribution in [3.05, 3.63) is 124 Å². The van der Waals surface area contributed by atoms with Crippen molar-refractivity contribution in [2.45, 2.75) is 16.6 Å². The van der Waals surface area contributed by atoms with Crippen LogP contribution in [0.3, 0.4) is 0 Å². The summed E-state index contributed by atoms with van der Waals surface area (Å²) in [5.41, 5.74) is 2.15. The van der Waals surface area contributed by atoms with Crippen molar-refractivity contribution >= 4 is 68.8 Å². The molecular formula is C33H26BrN3O5S. The van der Waals surface area contributed by atoms with Crippen LogP contribution in [0.4, 0.5) is 11.4 Å². The molecule has 10 heteroatoms. The average Bonchev–Trinajstić information content (AvgIpc) is 3.30. The number of nitrogens with one attached hydrogen (secondary N) is 2. The molecule has 4 aromatic carbocycles. The molecule has 1 fully saturated rings. The highest BCUT2D eigenvalue weighted by atomic mass is 79.9. The van der Waals surface area contributed by atoms with E-state index in [-0.39, 0.29) is 23.9 Å². The minimum absolute atomic E-state index is 0.0451. The zero-order valence-electron chi connectivity index (χ0n) is 23.0. The zero-order valence-corrected chi connectivity index (χ0v) is 25.4. The van der Waals surface area contributed by atoms with Crippen molar-refractivity contribution in [1.82, 2.24) is 5.32 Å². The summed E-state index contributed by atoms with van der Waals surface area (Å²) in [4.78, 5) is 53.9. The second kappa shape index (κ2) is 13.5. The van der Waals surface area contributed by atoms with Crippen molar-refractivity contribution in [2.75, 3.05) is 17.3 Å². The maximum absolute atomic E-state index is 13.4. The van der Waals surface area contributed by atoms with Crippen LogP contribution in [0.15, 0.2) is 118 Å². The van der Waals surface area contributed by atoms with Crippen LogP contribution >= 0.6 is 27.7 Å². The van der Waals surface area contributed by atoms with E-state index >= 15 is 0 Å². The summed E-state index contributed by atoms with van der Waals surface area (Å²) in [5.74, 6) is -0.852. The molecule has 0 saturated carbocycles. The van der Waals surface area contributed by atoms with Gasteiger partial charge in [0.1, 0.15) is 11.4 Å². The molecule has 8 nitrogen and oxygen atoms in total. The monoisotopic (exact) mass is 655 g/mol. The van der Waals surface area contributed by atoms with E-state index in [4.69, 9.17) is 4.74 Å². The van der Waals surface area contributed by atoms with Crippen LogP contribution in [0.2, 0.25) is 0 Å². The molecule has 0 aliphatic carbocycles. The fraction of sp³-hybridized carbons (Fsp3) is 0.0909. The molecule has 1 aliphatic heterocycles. The zero-order chi connectivity index (χ0) is 30.3. The van der Waals surface area contributed by atoms with Gasteiger partial charge < -0.3 is 15.4 Å². The van der Waals surface area contributed by atoms with Gasteiger partial charge in [0.05, 0.1) is 18.0 Å². The first-order valence-electron chi connectivity index (χ1n) is 13.2. The Balaban J connectivity index is 1.28. The molecule has 0 radical (unpaired) electrons. The molecule has 1 saturated heterocycles. The van der Waals surface area contributed by atoms with Gasteiger partial charge in [-0.3, -0.25) is 19.2 Å². The van der Waals surface area contributed by atoms with E-state index < -0.39 is 17.1 Å². The number of carbonyl (C=O) groups is 4. The smallest absolute Gasteiger partial charge is 0.272 e. The number of thioether (sulfide) groups is 1. The minimum atomic E-state index is -0.554. The Labute approximate surface area is 261 Å². The predicted octanol–water partition coefficient (Wildman–Crippen LogP) is 6.29. The van der Waals surface area contributed by atoms with Gasteiger partial charge in [0.15, 0.2) is 0 Å². The number of amides is 4. The molecule has 4 aromatic rings. The molecule has 4 amide bonds. The molecule has 5 rings (SSSR count). The van der Waals surface area contributed by atoms with Gasteiger partial charge in [-0.2, -0.15) is 0 Å². The fourth-order valence-corrected chi connectivity index (χ4v) is 5.70. The topological polar surface area (TPSA) is 105 Å². The Hall–Kier alpha value is -4.67. The van der Waals surface area contributed by atoms with Crippen LogP contribution < -0.4 is 20.3 Å². The Morgan fingerprint density at radius 1 is 0.930 bits per heavy atom. The highest BCUT2D eigenvalue weighted by Crippen LogP contribution is 2.34. The van der Waals surface area contributed by atoms with Gasteiger partial charge >= 0.3 is 0 Å². The van der Waals surface area contributed by atoms with Gasteiger partial charge in [0.25, 0.3) is 11.8 Å². The van der Waals surface area contributed by atoms with E-state index in [2.05, 4.69) is 26.6 Å². The van der Waals surface area contributed by atoms with Gasteiger partial charge in [-0.25, -0.2) is 4.90 Å². The van der Waals surface area contributed by atoms with Crippen LogP contribution in [0, 0.1) is 0 Å². The maximum Gasteiger partial charge on any atom is 0.272 e. The third kappa shape index (κ3) is 7.40. The second-order valence-corrected chi connectivity index (χ2v) is 11.7. The number of imide groups is 1. The molecule has 1 aliphatic rings. The van der Waals surface area contributed by atoms with Crippen LogP contribution in [-0.4, -0.2) is 36.0 Å². The number of ether oxygens (including phenoxy) is 1. The van der Waals surface area contributed by atoms with E-state index in [1.165, 1.54) is 16.7 Å². The first kappa shape index (κ1) is 29.8. The lowest BCUT2D eigenvalue weighted by Crippen LogP contribution is -2.31. The Morgan fingerprint density at radius 2 is 1.65 bits per heavy atom. The number of nitrogens with zero attached hydrogens (tertiary/aromatic N) is 1. The quantitative estimate of drug-likeness (QED) is 0.162. The van der Waals surface area contributed by atoms with Gasteiger partial charge in [0, 0.05) is 27.0 Å². The number of carbonyl (C=O) groups excluding carboxylic acids is 4. The van der Waals surface area contributed by atoms with Gasteiger partial charge in [-0.05, 0) is 84.4 Å². The number of benzene rings is 4. The molecular weight excluding hydrogens is 630 g/mol. The minimum Gasteiger partial charge on any atom is -0.497 e. The lowest BCUT2D eigenvalue weighted by Gasteiger charge is -2.15. The van der Waals surface area contributed by atoms with E-state index in [0.29, 0.717) is 28.3 Å². The fourth-order valence-electron chi connectivity index (χ4n) is 4.38. The first-order valence-corrected chi connectivity index (χ1v) is 14.9. The first-order chi connectivity index (χ1) is 20.8. The lowest BCUT2D eigenvalue weighted by molar-refractivity contribution is -0.121. The molecule has 1 atom stereocenters. The van der Waals surface area contributed by atoms with Gasteiger partial charge in [-0.15, -0.1) is 11.8 Å². The molecule has 1 unspecified atom stereocenters. The van der Waals surface area contributed by atoms with Crippen LogP contribution in [-0.2, 0) is 14.4 Å². The third-order valence-electron chi connectivity index (χ3n) is 6.51. The molecule has 0 bridgehead atoms. The number of halogens is 1. The predicted molar refractivity (Wildman–Crippen MR) is 171 cm³/mol. The highest BCUT2D eigenvalue weighted by Gasteiger charge is 2.40. The summed E-state index contributed by atoms with van der Waals surface area (Å²) >= 11 is 4.66. The lowest BCUT2D eigenvalue weighted by atomic mass is 10.1. The van der Waals surface area contributed by atoms with Crippen LogP contribution in [0.25, 0.3) is 6.08 Å². The summed E-state index contributed by atoms with van der Waals surface area (Å²) in [5, 5.41) is 4.99. The molecule has 0 spiro atoms. The number of anilines is 2. The third-order valence-corrected chi connectivity index (χ3v) is 8.24. The average molecular weight is 657 g/mol. The Morgan fingerprint density at radius 3 is 2.35 bits per heavy atom. The second-order valence-electron chi connectivity index (χ2n) is 9.49. The van der Waals surface area contributed by atoms with Crippen LogP contribution in [0.5, 0.6) is 5.75 Å². The van der Waals surface area contributed by atoms with E-state index in [1.54, 1.807) is 116 Å².